The van der Waals surface area contributed by atoms with Crippen molar-refractivity contribution in [3.05, 3.63) is 48.3 Å². The second kappa shape index (κ2) is 7.97. The van der Waals surface area contributed by atoms with Crippen molar-refractivity contribution >= 4 is 22.5 Å². The van der Waals surface area contributed by atoms with Crippen LogP contribution in [0, 0.1) is 0 Å². The smallest absolute Gasteiger partial charge is 0.311 e. The molecule has 2 aromatic heterocycles. The van der Waals surface area contributed by atoms with Gasteiger partial charge in [-0.15, -0.1) is 10.2 Å². The molecule has 0 spiro atoms. The first-order valence-corrected chi connectivity index (χ1v) is 8.88. The average Bonchev–Trinajstić information content (AvgIpc) is 3.28. The number of carbonyl (C=O) groups is 1. The zero-order valence-electron chi connectivity index (χ0n) is 15.1. The van der Waals surface area contributed by atoms with Gasteiger partial charge in [0.05, 0.1) is 31.7 Å². The van der Waals surface area contributed by atoms with Crippen molar-refractivity contribution in [2.24, 2.45) is 10.2 Å². The number of aromatic amines is 1. The Balaban J connectivity index is 1.93. The topological polar surface area (TPSA) is 87.2 Å². The van der Waals surface area contributed by atoms with E-state index in [1.54, 1.807) is 18.3 Å². The highest BCUT2D eigenvalue weighted by Crippen LogP contribution is 2.38. The summed E-state index contributed by atoms with van der Waals surface area (Å²) in [5, 5.41) is 19.3. The highest BCUT2D eigenvalue weighted by molar-refractivity contribution is 5.96. The van der Waals surface area contributed by atoms with E-state index < -0.39 is 5.91 Å². The molecule has 26 heavy (non-hydrogen) atoms. The van der Waals surface area contributed by atoms with Crippen molar-refractivity contribution in [1.29, 1.82) is 0 Å². The number of fused-ring (bicyclic) bond motifs is 1. The summed E-state index contributed by atoms with van der Waals surface area (Å²) in [6, 6.07) is 11.0. The predicted molar refractivity (Wildman–Crippen MR) is 100 cm³/mol. The molecule has 0 unspecified atom stereocenters. The van der Waals surface area contributed by atoms with E-state index in [1.807, 2.05) is 28.8 Å². The summed E-state index contributed by atoms with van der Waals surface area (Å²) >= 11 is 0. The highest BCUT2D eigenvalue weighted by atomic mass is 16.3. The summed E-state index contributed by atoms with van der Waals surface area (Å²) in [4.78, 5) is 16.3. The van der Waals surface area contributed by atoms with Gasteiger partial charge in [-0.3, -0.25) is 4.79 Å². The first kappa shape index (κ1) is 17.9. The zero-order chi connectivity index (χ0) is 18.5. The third kappa shape index (κ3) is 3.52. The first-order valence-electron chi connectivity index (χ1n) is 8.88. The minimum Gasteiger partial charge on any atom is -0.493 e. The van der Waals surface area contributed by atoms with Crippen LogP contribution in [0.5, 0.6) is 5.88 Å². The highest BCUT2D eigenvalue weighted by Gasteiger charge is 2.18. The number of quaternary nitrogens is 1. The summed E-state index contributed by atoms with van der Waals surface area (Å²) in [5.74, 6) is -0.431. The van der Waals surface area contributed by atoms with Gasteiger partial charge >= 0.3 is 5.91 Å². The largest absolute Gasteiger partial charge is 0.493 e. The van der Waals surface area contributed by atoms with Crippen molar-refractivity contribution in [3.8, 4) is 5.88 Å². The molecule has 0 saturated heterocycles. The molecular weight excluding hydrogens is 330 g/mol. The fourth-order valence-corrected chi connectivity index (χ4v) is 3.08. The number of hydrogen-bond donors (Lipinski definition) is 3. The van der Waals surface area contributed by atoms with Gasteiger partial charge in [-0.2, -0.15) is 0 Å². The van der Waals surface area contributed by atoms with Crippen LogP contribution < -0.4 is 4.90 Å². The number of azo groups is 1. The lowest BCUT2D eigenvalue weighted by molar-refractivity contribution is -0.897. The molecule has 7 nitrogen and oxygen atoms in total. The molecule has 1 amide bonds. The van der Waals surface area contributed by atoms with Gasteiger partial charge < -0.3 is 19.6 Å². The number of hydrogen-bond acceptors (Lipinski definition) is 3. The molecule has 7 heteroatoms. The Morgan fingerprint density at radius 2 is 1.96 bits per heavy atom. The van der Waals surface area contributed by atoms with Crippen LogP contribution in [0.4, 0.5) is 5.69 Å². The van der Waals surface area contributed by atoms with E-state index in [1.165, 1.54) is 4.90 Å². The van der Waals surface area contributed by atoms with E-state index >= 15 is 0 Å². The standard InChI is InChI=1S/C19H23N5O2/c1-3-23(4-2)12-13-24-16-10-6-5-8-14(16)17(19(24)26)21-22-18(25)15-9-7-11-20-15/h5-11,20,26H,3-4,12-13H2,1-2H3/p+1. The SMILES string of the molecule is CC[NH+](CC)CCn1c(O)c(N=NC(=O)c2ccc[nH]2)c2ccccc21. The van der Waals surface area contributed by atoms with Gasteiger partial charge in [0.15, 0.2) is 5.69 Å². The first-order chi connectivity index (χ1) is 12.7. The van der Waals surface area contributed by atoms with Crippen molar-refractivity contribution in [2.75, 3.05) is 19.6 Å². The number of amides is 1. The Labute approximate surface area is 152 Å². The van der Waals surface area contributed by atoms with Gasteiger partial charge in [-0.25, -0.2) is 0 Å². The fourth-order valence-electron chi connectivity index (χ4n) is 3.08. The van der Waals surface area contributed by atoms with Crippen LogP contribution in [0.15, 0.2) is 52.8 Å². The Kier molecular flexibility index (Phi) is 5.48. The van der Waals surface area contributed by atoms with Crippen molar-refractivity contribution < 1.29 is 14.8 Å². The maximum Gasteiger partial charge on any atom is 0.311 e. The number of aromatic nitrogens is 2. The van der Waals surface area contributed by atoms with Crippen molar-refractivity contribution in [3.63, 3.8) is 0 Å². The number of para-hydroxylation sites is 1. The number of rotatable bonds is 7. The number of benzene rings is 1. The number of aromatic hydroxyl groups is 1. The summed E-state index contributed by atoms with van der Waals surface area (Å²) < 4.78 is 1.84. The molecule has 3 N–H and O–H groups in total. The van der Waals surface area contributed by atoms with Gasteiger partial charge in [-0.05, 0) is 32.0 Å². The number of likely N-dealkylation sites (N-methyl/N-ethyl adjacent to an activating group) is 1. The third-order valence-electron chi connectivity index (χ3n) is 4.68. The third-order valence-corrected chi connectivity index (χ3v) is 4.68. The molecule has 0 radical (unpaired) electrons. The van der Waals surface area contributed by atoms with Crippen LogP contribution >= 0.6 is 0 Å². The minimum atomic E-state index is -0.473. The summed E-state index contributed by atoms with van der Waals surface area (Å²) in [6.07, 6.45) is 1.65. The van der Waals surface area contributed by atoms with E-state index in [0.29, 0.717) is 17.9 Å². The number of carbonyl (C=O) groups excluding carboxylic acids is 1. The zero-order valence-corrected chi connectivity index (χ0v) is 15.1. The molecule has 0 aliphatic heterocycles. The molecule has 0 fully saturated rings. The number of nitrogens with one attached hydrogen (secondary N) is 2. The minimum absolute atomic E-state index is 0.0424. The number of nitrogens with zero attached hydrogens (tertiary/aromatic N) is 3. The maximum atomic E-state index is 12.0. The van der Waals surface area contributed by atoms with Gasteiger partial charge in [-0.1, -0.05) is 18.2 Å². The molecule has 3 aromatic rings. The van der Waals surface area contributed by atoms with Crippen LogP contribution in [-0.2, 0) is 6.54 Å². The molecule has 3 rings (SSSR count). The number of H-pyrrole nitrogens is 1. The van der Waals surface area contributed by atoms with E-state index in [-0.39, 0.29) is 5.88 Å². The van der Waals surface area contributed by atoms with E-state index in [4.69, 9.17) is 0 Å². The van der Waals surface area contributed by atoms with Crippen LogP contribution in [0.25, 0.3) is 10.9 Å². The Morgan fingerprint density at radius 1 is 1.19 bits per heavy atom. The summed E-state index contributed by atoms with van der Waals surface area (Å²) in [7, 11) is 0. The van der Waals surface area contributed by atoms with Crippen LogP contribution in [0.2, 0.25) is 0 Å². The second-order valence-corrected chi connectivity index (χ2v) is 6.14. The van der Waals surface area contributed by atoms with Gasteiger partial charge in [0.25, 0.3) is 0 Å². The molecule has 0 aliphatic rings. The lowest BCUT2D eigenvalue weighted by Crippen LogP contribution is -3.11. The second-order valence-electron chi connectivity index (χ2n) is 6.14. The molecular formula is C19H24N5O2+. The fraction of sp³-hybridized carbons (Fsp3) is 0.316. The normalized spacial score (nSPS) is 11.8. The molecule has 1 aromatic carbocycles. The van der Waals surface area contributed by atoms with E-state index in [9.17, 15) is 9.90 Å². The van der Waals surface area contributed by atoms with E-state index in [2.05, 4.69) is 29.1 Å². The molecule has 0 saturated carbocycles. The van der Waals surface area contributed by atoms with E-state index in [0.717, 1.165) is 30.5 Å². The summed E-state index contributed by atoms with van der Waals surface area (Å²) in [6.45, 7) is 7.94. The van der Waals surface area contributed by atoms with Gasteiger partial charge in [0.1, 0.15) is 5.69 Å². The summed E-state index contributed by atoms with van der Waals surface area (Å²) in [5.41, 5.74) is 1.58. The monoisotopic (exact) mass is 354 g/mol. The van der Waals surface area contributed by atoms with Crippen LogP contribution in [-0.4, -0.2) is 40.2 Å². The Bertz CT molecular complexity index is 908. The van der Waals surface area contributed by atoms with Crippen molar-refractivity contribution in [1.82, 2.24) is 9.55 Å². The molecule has 0 aliphatic carbocycles. The van der Waals surface area contributed by atoms with Crippen LogP contribution in [0.1, 0.15) is 24.3 Å². The molecule has 2 heterocycles. The molecule has 136 valence electrons. The molecule has 0 atom stereocenters. The van der Waals surface area contributed by atoms with Gasteiger partial charge in [0.2, 0.25) is 5.88 Å². The molecule has 0 bridgehead atoms. The maximum absolute atomic E-state index is 12.0. The Hall–Kier alpha value is -2.93. The predicted octanol–water partition coefficient (Wildman–Crippen LogP) is 2.52. The Morgan fingerprint density at radius 3 is 2.65 bits per heavy atom. The lowest BCUT2D eigenvalue weighted by atomic mass is 10.2. The van der Waals surface area contributed by atoms with Crippen LogP contribution in [0.3, 0.4) is 0 Å². The quantitative estimate of drug-likeness (QED) is 0.569. The average molecular weight is 354 g/mol. The lowest BCUT2D eigenvalue weighted by Gasteiger charge is -2.16. The van der Waals surface area contributed by atoms with Crippen molar-refractivity contribution in [2.45, 2.75) is 20.4 Å². The van der Waals surface area contributed by atoms with Gasteiger partial charge in [0, 0.05) is 11.6 Å².